The molecule has 1 aromatic rings. The van der Waals surface area contributed by atoms with Crippen molar-refractivity contribution in [2.45, 2.75) is 95.6 Å². The topological polar surface area (TPSA) is 108 Å². The van der Waals surface area contributed by atoms with Crippen LogP contribution < -0.4 is 16.0 Å². The summed E-state index contributed by atoms with van der Waals surface area (Å²) in [5, 5.41) is 18.8. The summed E-state index contributed by atoms with van der Waals surface area (Å²) in [4.78, 5) is 36.5. The summed E-state index contributed by atoms with van der Waals surface area (Å²) in [7, 11) is 0. The first-order valence-electron chi connectivity index (χ1n) is 13.1. The van der Waals surface area contributed by atoms with Crippen LogP contribution in [0.2, 0.25) is 0 Å². The predicted molar refractivity (Wildman–Crippen MR) is 133 cm³/mol. The van der Waals surface area contributed by atoms with E-state index in [0.29, 0.717) is 24.3 Å². The molecule has 7 nitrogen and oxygen atoms in total. The first-order valence-corrected chi connectivity index (χ1v) is 13.1. The zero-order valence-corrected chi connectivity index (χ0v) is 20.5. The van der Waals surface area contributed by atoms with Gasteiger partial charge in [-0.2, -0.15) is 0 Å². The van der Waals surface area contributed by atoms with Gasteiger partial charge in [-0.25, -0.2) is 4.79 Å². The number of piperidine rings is 1. The Bertz CT molecular complexity index is 797. The standard InChI is InChI=1S/C27H41N3O4/c1-2-3-4-5-25(31)30-24(27(33)34)18-19-6-12-23(13-7-19)29-26(32)22-10-8-20(9-11-22)21-14-16-28-17-15-21/h8-11,19,21,23-24,28H,2-7,12-18H2,1H3,(H,29,32)(H,30,31)(H,33,34). The van der Waals surface area contributed by atoms with Crippen LogP contribution in [0.3, 0.4) is 0 Å². The van der Waals surface area contributed by atoms with Crippen LogP contribution in [0.4, 0.5) is 0 Å². The highest BCUT2D eigenvalue weighted by Crippen LogP contribution is 2.29. The van der Waals surface area contributed by atoms with Crippen LogP contribution in [0.25, 0.3) is 0 Å². The highest BCUT2D eigenvalue weighted by atomic mass is 16.4. The molecule has 1 saturated heterocycles. The second kappa shape index (κ2) is 13.5. The Morgan fingerprint density at radius 1 is 1.00 bits per heavy atom. The molecule has 1 aromatic carbocycles. The lowest BCUT2D eigenvalue weighted by atomic mass is 9.82. The van der Waals surface area contributed by atoms with Crippen LogP contribution in [-0.4, -0.2) is 48.1 Å². The fourth-order valence-corrected chi connectivity index (χ4v) is 5.23. The molecule has 0 spiro atoms. The molecular formula is C27H41N3O4. The van der Waals surface area contributed by atoms with Gasteiger partial charge in [0.25, 0.3) is 5.91 Å². The smallest absolute Gasteiger partial charge is 0.326 e. The van der Waals surface area contributed by atoms with E-state index in [-0.39, 0.29) is 23.8 Å². The van der Waals surface area contributed by atoms with Gasteiger partial charge < -0.3 is 21.1 Å². The highest BCUT2D eigenvalue weighted by Gasteiger charge is 2.28. The molecule has 188 valence electrons. The maximum Gasteiger partial charge on any atom is 0.326 e. The first-order chi connectivity index (χ1) is 16.5. The van der Waals surface area contributed by atoms with Gasteiger partial charge in [-0.1, -0.05) is 31.9 Å². The van der Waals surface area contributed by atoms with E-state index in [4.69, 9.17) is 0 Å². The number of carbonyl (C=O) groups excluding carboxylic acids is 2. The second-order valence-corrected chi connectivity index (χ2v) is 9.99. The minimum Gasteiger partial charge on any atom is -0.480 e. The first kappa shape index (κ1) is 26.2. The predicted octanol–water partition coefficient (Wildman–Crippen LogP) is 3.98. The van der Waals surface area contributed by atoms with Crippen molar-refractivity contribution < 1.29 is 19.5 Å². The van der Waals surface area contributed by atoms with Gasteiger partial charge in [0.2, 0.25) is 5.91 Å². The summed E-state index contributed by atoms with van der Waals surface area (Å²) >= 11 is 0. The van der Waals surface area contributed by atoms with E-state index in [1.807, 2.05) is 12.1 Å². The maximum atomic E-state index is 12.7. The molecule has 0 aromatic heterocycles. The zero-order chi connectivity index (χ0) is 24.3. The Labute approximate surface area is 203 Å². The highest BCUT2D eigenvalue weighted by molar-refractivity contribution is 5.94. The van der Waals surface area contributed by atoms with Gasteiger partial charge in [0, 0.05) is 18.0 Å². The van der Waals surface area contributed by atoms with Gasteiger partial charge in [-0.15, -0.1) is 0 Å². The SMILES string of the molecule is CCCCCC(=O)NC(CC1CCC(NC(=O)c2ccc(C3CCNCC3)cc2)CC1)C(=O)O. The Kier molecular flexibility index (Phi) is 10.4. The summed E-state index contributed by atoms with van der Waals surface area (Å²) in [6.45, 7) is 4.17. The van der Waals surface area contributed by atoms with Crippen LogP contribution in [0, 0.1) is 5.92 Å². The Hall–Kier alpha value is -2.41. The number of carbonyl (C=O) groups is 3. The van der Waals surface area contributed by atoms with Crippen molar-refractivity contribution in [3.8, 4) is 0 Å². The molecule has 1 atom stereocenters. The average Bonchev–Trinajstić information content (AvgIpc) is 2.85. The van der Waals surface area contributed by atoms with E-state index in [9.17, 15) is 19.5 Å². The van der Waals surface area contributed by atoms with E-state index in [0.717, 1.165) is 70.9 Å². The van der Waals surface area contributed by atoms with E-state index in [2.05, 4.69) is 35.0 Å². The number of unbranched alkanes of at least 4 members (excludes halogenated alkanes) is 2. The molecule has 1 aliphatic heterocycles. The van der Waals surface area contributed by atoms with Crippen LogP contribution in [0.15, 0.2) is 24.3 Å². The van der Waals surface area contributed by atoms with Crippen molar-refractivity contribution in [3.05, 3.63) is 35.4 Å². The lowest BCUT2D eigenvalue weighted by Crippen LogP contribution is -2.43. The minimum absolute atomic E-state index is 0.0388. The molecule has 1 heterocycles. The molecule has 0 bridgehead atoms. The van der Waals surface area contributed by atoms with Crippen molar-refractivity contribution >= 4 is 17.8 Å². The summed E-state index contributed by atoms with van der Waals surface area (Å²) in [6.07, 6.45) is 9.29. The number of nitrogens with one attached hydrogen (secondary N) is 3. The van der Waals surface area contributed by atoms with Gasteiger partial charge in [-0.3, -0.25) is 9.59 Å². The number of benzene rings is 1. The zero-order valence-electron chi connectivity index (χ0n) is 20.5. The van der Waals surface area contributed by atoms with Gasteiger partial charge in [0.15, 0.2) is 0 Å². The molecular weight excluding hydrogens is 430 g/mol. The summed E-state index contributed by atoms with van der Waals surface area (Å²) in [6, 6.07) is 7.32. The van der Waals surface area contributed by atoms with Crippen LogP contribution in [-0.2, 0) is 9.59 Å². The molecule has 1 saturated carbocycles. The van der Waals surface area contributed by atoms with Crippen LogP contribution in [0.5, 0.6) is 0 Å². The van der Waals surface area contributed by atoms with Gasteiger partial charge in [0.1, 0.15) is 6.04 Å². The summed E-state index contributed by atoms with van der Waals surface area (Å²) in [5.74, 6) is -0.359. The second-order valence-electron chi connectivity index (χ2n) is 9.99. The van der Waals surface area contributed by atoms with E-state index in [1.165, 1.54) is 5.56 Å². The third-order valence-electron chi connectivity index (χ3n) is 7.38. The van der Waals surface area contributed by atoms with Gasteiger partial charge in [0.05, 0.1) is 0 Å². The van der Waals surface area contributed by atoms with Gasteiger partial charge in [-0.05, 0) is 94.0 Å². The summed E-state index contributed by atoms with van der Waals surface area (Å²) < 4.78 is 0. The molecule has 2 aliphatic rings. The Morgan fingerprint density at radius 3 is 2.29 bits per heavy atom. The maximum absolute atomic E-state index is 12.7. The third-order valence-corrected chi connectivity index (χ3v) is 7.38. The van der Waals surface area contributed by atoms with E-state index < -0.39 is 12.0 Å². The fraction of sp³-hybridized carbons (Fsp3) is 0.667. The number of aliphatic carboxylic acids is 1. The van der Waals surface area contributed by atoms with Crippen LogP contribution >= 0.6 is 0 Å². The van der Waals surface area contributed by atoms with Crippen molar-refractivity contribution in [1.82, 2.24) is 16.0 Å². The lowest BCUT2D eigenvalue weighted by molar-refractivity contribution is -0.142. The molecule has 34 heavy (non-hydrogen) atoms. The largest absolute Gasteiger partial charge is 0.480 e. The molecule has 0 radical (unpaired) electrons. The van der Waals surface area contributed by atoms with E-state index >= 15 is 0 Å². The average molecular weight is 472 g/mol. The normalized spacial score (nSPS) is 22.0. The Balaban J connectivity index is 1.41. The number of carboxylic acids is 1. The van der Waals surface area contributed by atoms with E-state index in [1.54, 1.807) is 0 Å². The van der Waals surface area contributed by atoms with Crippen LogP contribution in [0.1, 0.15) is 99.4 Å². The van der Waals surface area contributed by atoms with Crippen molar-refractivity contribution in [3.63, 3.8) is 0 Å². The number of amides is 2. The van der Waals surface area contributed by atoms with Crippen molar-refractivity contribution in [1.29, 1.82) is 0 Å². The molecule has 4 N–H and O–H groups in total. The quantitative estimate of drug-likeness (QED) is 0.365. The molecule has 2 fully saturated rings. The third kappa shape index (κ3) is 8.12. The van der Waals surface area contributed by atoms with Crippen molar-refractivity contribution in [2.75, 3.05) is 13.1 Å². The monoisotopic (exact) mass is 471 g/mol. The lowest BCUT2D eigenvalue weighted by Gasteiger charge is -2.30. The fourth-order valence-electron chi connectivity index (χ4n) is 5.23. The molecule has 2 amide bonds. The number of carboxylic acid groups (broad SMARTS) is 1. The van der Waals surface area contributed by atoms with Crippen molar-refractivity contribution in [2.24, 2.45) is 5.92 Å². The Morgan fingerprint density at radius 2 is 1.68 bits per heavy atom. The van der Waals surface area contributed by atoms with Gasteiger partial charge >= 0.3 is 5.97 Å². The number of hydrogen-bond acceptors (Lipinski definition) is 4. The molecule has 7 heteroatoms. The molecule has 3 rings (SSSR count). The minimum atomic E-state index is -0.966. The molecule has 1 unspecified atom stereocenters. The summed E-state index contributed by atoms with van der Waals surface area (Å²) in [5.41, 5.74) is 2.00. The number of hydrogen-bond donors (Lipinski definition) is 4. The number of rotatable bonds is 11. The molecule has 1 aliphatic carbocycles.